The van der Waals surface area contributed by atoms with Gasteiger partial charge in [-0.25, -0.2) is 0 Å². The summed E-state index contributed by atoms with van der Waals surface area (Å²) in [5, 5.41) is 0. The number of likely N-dealkylation sites (N-methyl/N-ethyl adjacent to an activating group) is 1. The molecule has 68 valence electrons. The molecule has 0 aliphatic carbocycles. The van der Waals surface area contributed by atoms with Gasteiger partial charge >= 0.3 is 0 Å². The predicted octanol–water partition coefficient (Wildman–Crippen LogP) is -0.206. The molecule has 0 bridgehead atoms. The molecule has 2 aliphatic heterocycles. The number of aliphatic imine (C=N–C) groups is 1. The monoisotopic (exact) mass is 169 g/mol. The van der Waals surface area contributed by atoms with E-state index in [0.717, 1.165) is 19.6 Å². The normalized spacial score (nSPS) is 35.8. The molecule has 1 fully saturated rings. The zero-order valence-electron chi connectivity index (χ0n) is 7.36. The smallest absolute Gasteiger partial charge is 0.191 e. The first kappa shape index (κ1) is 7.86. The fourth-order valence-corrected chi connectivity index (χ4v) is 1.86. The quantitative estimate of drug-likeness (QED) is 0.591. The van der Waals surface area contributed by atoms with Crippen molar-refractivity contribution >= 4 is 5.96 Å². The lowest BCUT2D eigenvalue weighted by atomic mass is 10.1. The molecule has 12 heavy (non-hydrogen) atoms. The van der Waals surface area contributed by atoms with Gasteiger partial charge in [-0.05, 0) is 12.8 Å². The fraction of sp³-hybridized carbons (Fsp3) is 0.875. The van der Waals surface area contributed by atoms with Crippen molar-refractivity contribution in [3.8, 4) is 0 Å². The summed E-state index contributed by atoms with van der Waals surface area (Å²) in [6.45, 7) is 1.70. The first-order valence-corrected chi connectivity index (χ1v) is 4.43. The second-order valence-corrected chi connectivity index (χ2v) is 3.43. The summed E-state index contributed by atoms with van der Waals surface area (Å²) >= 11 is 0. The van der Waals surface area contributed by atoms with E-state index in [4.69, 9.17) is 10.5 Å². The molecule has 4 nitrogen and oxygen atoms in total. The van der Waals surface area contributed by atoms with Gasteiger partial charge in [0.25, 0.3) is 0 Å². The van der Waals surface area contributed by atoms with Gasteiger partial charge in [0.1, 0.15) is 0 Å². The van der Waals surface area contributed by atoms with Crippen LogP contribution < -0.4 is 5.73 Å². The summed E-state index contributed by atoms with van der Waals surface area (Å²) in [7, 11) is 1.98. The van der Waals surface area contributed by atoms with Crippen LogP contribution in [0, 0.1) is 0 Å². The maximum absolute atomic E-state index is 5.66. The van der Waals surface area contributed by atoms with Crippen LogP contribution in [0.5, 0.6) is 0 Å². The van der Waals surface area contributed by atoms with E-state index in [0.29, 0.717) is 18.1 Å². The van der Waals surface area contributed by atoms with Gasteiger partial charge in [0.05, 0.1) is 18.7 Å². The lowest BCUT2D eigenvalue weighted by molar-refractivity contribution is 0.0634. The van der Waals surface area contributed by atoms with Crippen molar-refractivity contribution in [1.82, 2.24) is 4.90 Å². The van der Waals surface area contributed by atoms with Gasteiger partial charge < -0.3 is 15.4 Å². The highest BCUT2D eigenvalue weighted by molar-refractivity contribution is 5.79. The lowest BCUT2D eigenvalue weighted by Crippen LogP contribution is -2.44. The molecule has 1 saturated heterocycles. The molecule has 0 saturated carbocycles. The standard InChI is InChI=1S/C8H15N3O/c1-11-6(5-10-8(11)9)7-3-2-4-12-7/h6-7H,2-5H2,1H3,(H2,9,10). The molecule has 0 radical (unpaired) electrons. The van der Waals surface area contributed by atoms with Gasteiger partial charge in [-0.3, -0.25) is 4.99 Å². The Kier molecular flexibility index (Phi) is 1.92. The van der Waals surface area contributed by atoms with Gasteiger partial charge in [-0.2, -0.15) is 0 Å². The highest BCUT2D eigenvalue weighted by Crippen LogP contribution is 2.21. The van der Waals surface area contributed by atoms with Crippen LogP contribution in [0.1, 0.15) is 12.8 Å². The lowest BCUT2D eigenvalue weighted by Gasteiger charge is -2.25. The number of hydrogen-bond acceptors (Lipinski definition) is 4. The van der Waals surface area contributed by atoms with E-state index in [9.17, 15) is 0 Å². The highest BCUT2D eigenvalue weighted by Gasteiger charge is 2.32. The van der Waals surface area contributed by atoms with E-state index in [1.165, 1.54) is 6.42 Å². The fourth-order valence-electron chi connectivity index (χ4n) is 1.86. The third-order valence-corrected chi connectivity index (χ3v) is 2.69. The highest BCUT2D eigenvalue weighted by atomic mass is 16.5. The maximum atomic E-state index is 5.66. The molecule has 0 aromatic heterocycles. The Morgan fingerprint density at radius 3 is 3.00 bits per heavy atom. The van der Waals surface area contributed by atoms with Gasteiger partial charge in [0.2, 0.25) is 0 Å². The van der Waals surface area contributed by atoms with E-state index < -0.39 is 0 Å². The summed E-state index contributed by atoms with van der Waals surface area (Å²) in [4.78, 5) is 6.21. The minimum Gasteiger partial charge on any atom is -0.376 e. The van der Waals surface area contributed by atoms with Crippen LogP contribution in [0.25, 0.3) is 0 Å². The Morgan fingerprint density at radius 2 is 2.50 bits per heavy atom. The molecule has 2 atom stereocenters. The SMILES string of the molecule is CN1C(N)=NCC1C1CCCO1. The average Bonchev–Trinajstić information content (AvgIpc) is 2.64. The Labute approximate surface area is 72.4 Å². The first-order chi connectivity index (χ1) is 5.79. The molecule has 2 heterocycles. The minimum absolute atomic E-state index is 0.347. The zero-order chi connectivity index (χ0) is 8.55. The molecule has 2 N–H and O–H groups in total. The van der Waals surface area contributed by atoms with Gasteiger partial charge in [0, 0.05) is 13.7 Å². The van der Waals surface area contributed by atoms with Crippen molar-refractivity contribution in [2.75, 3.05) is 20.2 Å². The molecule has 2 aliphatic rings. The largest absolute Gasteiger partial charge is 0.376 e. The van der Waals surface area contributed by atoms with Crippen LogP contribution in [0.2, 0.25) is 0 Å². The molecule has 2 unspecified atom stereocenters. The summed E-state index contributed by atoms with van der Waals surface area (Å²) in [5.74, 6) is 0.649. The molecule has 4 heteroatoms. The molecular formula is C8H15N3O. The van der Waals surface area contributed by atoms with Crippen molar-refractivity contribution in [2.24, 2.45) is 10.7 Å². The van der Waals surface area contributed by atoms with Gasteiger partial charge in [-0.15, -0.1) is 0 Å². The first-order valence-electron chi connectivity index (χ1n) is 4.43. The van der Waals surface area contributed by atoms with Crippen LogP contribution in [0.4, 0.5) is 0 Å². The predicted molar refractivity (Wildman–Crippen MR) is 47.0 cm³/mol. The van der Waals surface area contributed by atoms with Crippen LogP contribution in [0.3, 0.4) is 0 Å². The third kappa shape index (κ3) is 1.16. The van der Waals surface area contributed by atoms with Gasteiger partial charge in [0.15, 0.2) is 5.96 Å². The Balaban J connectivity index is 1.98. The van der Waals surface area contributed by atoms with Crippen LogP contribution in [-0.4, -0.2) is 43.2 Å². The molecule has 0 spiro atoms. The second kappa shape index (κ2) is 2.94. The summed E-state index contributed by atoms with van der Waals surface area (Å²) < 4.78 is 5.59. The third-order valence-electron chi connectivity index (χ3n) is 2.69. The Bertz CT molecular complexity index is 198. The van der Waals surface area contributed by atoms with E-state index in [-0.39, 0.29) is 0 Å². The van der Waals surface area contributed by atoms with Crippen molar-refractivity contribution in [3.63, 3.8) is 0 Å². The summed E-state index contributed by atoms with van der Waals surface area (Å²) in [6.07, 6.45) is 2.67. The summed E-state index contributed by atoms with van der Waals surface area (Å²) in [6, 6.07) is 0.382. The van der Waals surface area contributed by atoms with Crippen LogP contribution >= 0.6 is 0 Å². The van der Waals surface area contributed by atoms with E-state index in [1.807, 2.05) is 11.9 Å². The molecule has 0 amide bonds. The van der Waals surface area contributed by atoms with Crippen molar-refractivity contribution in [1.29, 1.82) is 0 Å². The number of hydrogen-bond donors (Lipinski definition) is 1. The summed E-state index contributed by atoms with van der Waals surface area (Å²) in [5.41, 5.74) is 5.66. The Morgan fingerprint density at radius 1 is 1.67 bits per heavy atom. The molecule has 2 rings (SSSR count). The van der Waals surface area contributed by atoms with E-state index in [2.05, 4.69) is 4.99 Å². The van der Waals surface area contributed by atoms with Crippen LogP contribution in [0.15, 0.2) is 4.99 Å². The number of nitrogens with two attached hydrogens (primary N) is 1. The van der Waals surface area contributed by atoms with E-state index >= 15 is 0 Å². The van der Waals surface area contributed by atoms with Crippen molar-refractivity contribution < 1.29 is 4.74 Å². The molecule has 0 aromatic rings. The Hall–Kier alpha value is -0.770. The minimum atomic E-state index is 0.347. The molecule has 0 aromatic carbocycles. The van der Waals surface area contributed by atoms with Crippen molar-refractivity contribution in [3.05, 3.63) is 0 Å². The maximum Gasteiger partial charge on any atom is 0.191 e. The number of guanidine groups is 1. The number of ether oxygens (including phenoxy) is 1. The average molecular weight is 169 g/mol. The van der Waals surface area contributed by atoms with Gasteiger partial charge in [-0.1, -0.05) is 0 Å². The zero-order valence-corrected chi connectivity index (χ0v) is 7.36. The molecular weight excluding hydrogens is 154 g/mol. The van der Waals surface area contributed by atoms with E-state index in [1.54, 1.807) is 0 Å². The van der Waals surface area contributed by atoms with Crippen LogP contribution in [-0.2, 0) is 4.74 Å². The number of rotatable bonds is 1. The number of nitrogens with zero attached hydrogens (tertiary/aromatic N) is 2. The van der Waals surface area contributed by atoms with Crippen molar-refractivity contribution in [2.45, 2.75) is 25.0 Å². The second-order valence-electron chi connectivity index (χ2n) is 3.43. The topological polar surface area (TPSA) is 50.8 Å².